The first-order valence-corrected chi connectivity index (χ1v) is 7.49. The molecule has 3 N–H and O–H groups in total. The number of amides is 1. The van der Waals surface area contributed by atoms with Gasteiger partial charge in [0.25, 0.3) is 0 Å². The maximum absolute atomic E-state index is 11.4. The van der Waals surface area contributed by atoms with Gasteiger partial charge in [-0.05, 0) is 25.0 Å². The molecule has 0 fully saturated rings. The van der Waals surface area contributed by atoms with Crippen LogP contribution in [0.3, 0.4) is 0 Å². The molecule has 0 bridgehead atoms. The van der Waals surface area contributed by atoms with Crippen LogP contribution >= 0.6 is 11.3 Å². The van der Waals surface area contributed by atoms with E-state index in [2.05, 4.69) is 24.1 Å². The fourth-order valence-corrected chi connectivity index (χ4v) is 2.84. The summed E-state index contributed by atoms with van der Waals surface area (Å²) < 4.78 is 0. The molecular formula is C15H19N3OS. The summed E-state index contributed by atoms with van der Waals surface area (Å²) in [5.74, 6) is -0.391. The van der Waals surface area contributed by atoms with Gasteiger partial charge in [-0.2, -0.15) is 0 Å². The SMILES string of the molecule is CCc1cnc(C(C)NCc2ccccc2C(N)=O)s1. The summed E-state index contributed by atoms with van der Waals surface area (Å²) in [5, 5.41) is 4.46. The van der Waals surface area contributed by atoms with E-state index in [0.29, 0.717) is 12.1 Å². The molecule has 1 heterocycles. The number of primary amides is 1. The van der Waals surface area contributed by atoms with Gasteiger partial charge in [0, 0.05) is 23.2 Å². The number of benzene rings is 1. The number of thiazole rings is 1. The minimum atomic E-state index is -0.391. The molecule has 0 aliphatic rings. The summed E-state index contributed by atoms with van der Waals surface area (Å²) in [4.78, 5) is 17.1. The van der Waals surface area contributed by atoms with Gasteiger partial charge in [0.2, 0.25) is 5.91 Å². The lowest BCUT2D eigenvalue weighted by Crippen LogP contribution is -2.21. The lowest BCUT2D eigenvalue weighted by Gasteiger charge is -2.12. The second-order valence-electron chi connectivity index (χ2n) is 4.64. The highest BCUT2D eigenvalue weighted by Crippen LogP contribution is 2.20. The predicted octanol–water partition coefficient (Wildman–Crippen LogP) is 2.66. The van der Waals surface area contributed by atoms with Gasteiger partial charge in [-0.25, -0.2) is 4.98 Å². The second kappa shape index (κ2) is 6.63. The number of hydrogen-bond donors (Lipinski definition) is 2. The Kier molecular flexibility index (Phi) is 4.87. The van der Waals surface area contributed by atoms with Crippen molar-refractivity contribution < 1.29 is 4.79 Å². The van der Waals surface area contributed by atoms with Gasteiger partial charge < -0.3 is 11.1 Å². The molecule has 106 valence electrons. The van der Waals surface area contributed by atoms with E-state index in [4.69, 9.17) is 5.73 Å². The number of aromatic nitrogens is 1. The number of nitrogens with zero attached hydrogens (tertiary/aromatic N) is 1. The minimum absolute atomic E-state index is 0.154. The smallest absolute Gasteiger partial charge is 0.249 e. The molecule has 2 rings (SSSR count). The summed E-state index contributed by atoms with van der Waals surface area (Å²) >= 11 is 1.72. The topological polar surface area (TPSA) is 68.0 Å². The molecule has 0 aliphatic heterocycles. The molecule has 1 unspecified atom stereocenters. The fourth-order valence-electron chi connectivity index (χ4n) is 1.95. The Balaban J connectivity index is 2.03. The number of hydrogen-bond acceptors (Lipinski definition) is 4. The van der Waals surface area contributed by atoms with Crippen molar-refractivity contribution in [3.8, 4) is 0 Å². The van der Waals surface area contributed by atoms with Crippen LogP contribution in [-0.4, -0.2) is 10.9 Å². The van der Waals surface area contributed by atoms with Crippen molar-refractivity contribution >= 4 is 17.2 Å². The van der Waals surface area contributed by atoms with Gasteiger partial charge in [-0.3, -0.25) is 4.79 Å². The third-order valence-electron chi connectivity index (χ3n) is 3.17. The van der Waals surface area contributed by atoms with Gasteiger partial charge in [-0.1, -0.05) is 25.1 Å². The highest BCUT2D eigenvalue weighted by atomic mass is 32.1. The molecule has 4 nitrogen and oxygen atoms in total. The monoisotopic (exact) mass is 289 g/mol. The second-order valence-corrected chi connectivity index (χ2v) is 5.79. The Hall–Kier alpha value is -1.72. The van der Waals surface area contributed by atoms with Crippen LogP contribution < -0.4 is 11.1 Å². The zero-order valence-electron chi connectivity index (χ0n) is 11.7. The highest BCUT2D eigenvalue weighted by Gasteiger charge is 2.12. The first-order valence-electron chi connectivity index (χ1n) is 6.67. The fraction of sp³-hybridized carbons (Fsp3) is 0.333. The molecule has 1 atom stereocenters. The molecule has 1 aromatic heterocycles. The number of aryl methyl sites for hydroxylation is 1. The van der Waals surface area contributed by atoms with Crippen LogP contribution in [0.15, 0.2) is 30.5 Å². The van der Waals surface area contributed by atoms with E-state index >= 15 is 0 Å². The number of rotatable bonds is 6. The van der Waals surface area contributed by atoms with Crippen LogP contribution in [0.2, 0.25) is 0 Å². The Morgan fingerprint density at radius 1 is 1.45 bits per heavy atom. The van der Waals surface area contributed by atoms with Crippen molar-refractivity contribution in [1.29, 1.82) is 0 Å². The van der Waals surface area contributed by atoms with Crippen molar-refractivity contribution in [3.63, 3.8) is 0 Å². The van der Waals surface area contributed by atoms with Crippen molar-refractivity contribution in [3.05, 3.63) is 51.5 Å². The van der Waals surface area contributed by atoms with E-state index in [1.807, 2.05) is 24.4 Å². The Labute approximate surface area is 123 Å². The molecule has 1 aromatic carbocycles. The molecule has 20 heavy (non-hydrogen) atoms. The molecular weight excluding hydrogens is 270 g/mol. The zero-order valence-corrected chi connectivity index (χ0v) is 12.5. The van der Waals surface area contributed by atoms with Crippen LogP contribution in [0, 0.1) is 0 Å². The van der Waals surface area contributed by atoms with Crippen LogP contribution in [-0.2, 0) is 13.0 Å². The molecule has 0 radical (unpaired) electrons. The Morgan fingerprint density at radius 3 is 2.85 bits per heavy atom. The molecule has 5 heteroatoms. The van der Waals surface area contributed by atoms with Gasteiger partial charge in [0.15, 0.2) is 0 Å². The third-order valence-corrected chi connectivity index (χ3v) is 4.50. The van der Waals surface area contributed by atoms with Crippen LogP contribution in [0.4, 0.5) is 0 Å². The summed E-state index contributed by atoms with van der Waals surface area (Å²) in [7, 11) is 0. The molecule has 0 saturated heterocycles. The van der Waals surface area contributed by atoms with E-state index in [1.165, 1.54) is 4.88 Å². The molecule has 2 aromatic rings. The quantitative estimate of drug-likeness (QED) is 0.859. The Morgan fingerprint density at radius 2 is 2.20 bits per heavy atom. The Bertz CT molecular complexity index is 594. The van der Waals surface area contributed by atoms with E-state index in [9.17, 15) is 4.79 Å². The summed E-state index contributed by atoms with van der Waals surface area (Å²) in [6.45, 7) is 4.80. The molecule has 1 amide bonds. The van der Waals surface area contributed by atoms with E-state index < -0.39 is 5.91 Å². The first kappa shape index (κ1) is 14.7. The predicted molar refractivity (Wildman–Crippen MR) is 81.7 cm³/mol. The van der Waals surface area contributed by atoms with Gasteiger partial charge in [0.05, 0.1) is 6.04 Å². The van der Waals surface area contributed by atoms with Crippen LogP contribution in [0.5, 0.6) is 0 Å². The van der Waals surface area contributed by atoms with Crippen molar-refractivity contribution in [1.82, 2.24) is 10.3 Å². The molecule has 0 saturated carbocycles. The number of nitrogens with two attached hydrogens (primary N) is 1. The number of nitrogens with one attached hydrogen (secondary N) is 1. The molecule has 0 spiro atoms. The standard InChI is InChI=1S/C15H19N3OS/c1-3-12-9-18-15(20-12)10(2)17-8-11-6-4-5-7-13(11)14(16)19/h4-7,9-10,17H,3,8H2,1-2H3,(H2,16,19). The summed E-state index contributed by atoms with van der Waals surface area (Å²) in [5.41, 5.74) is 6.86. The summed E-state index contributed by atoms with van der Waals surface area (Å²) in [6, 6.07) is 7.55. The summed E-state index contributed by atoms with van der Waals surface area (Å²) in [6.07, 6.45) is 2.93. The van der Waals surface area contributed by atoms with E-state index in [0.717, 1.165) is 17.0 Å². The van der Waals surface area contributed by atoms with E-state index in [1.54, 1.807) is 17.4 Å². The van der Waals surface area contributed by atoms with Crippen LogP contribution in [0.1, 0.15) is 45.7 Å². The maximum Gasteiger partial charge on any atom is 0.249 e. The van der Waals surface area contributed by atoms with Crippen molar-refractivity contribution in [2.24, 2.45) is 5.73 Å². The van der Waals surface area contributed by atoms with Gasteiger partial charge in [0.1, 0.15) is 5.01 Å². The average molecular weight is 289 g/mol. The highest BCUT2D eigenvalue weighted by molar-refractivity contribution is 7.11. The average Bonchev–Trinajstić information content (AvgIpc) is 2.94. The lowest BCUT2D eigenvalue weighted by atomic mass is 10.1. The maximum atomic E-state index is 11.4. The van der Waals surface area contributed by atoms with Crippen molar-refractivity contribution in [2.45, 2.75) is 32.9 Å². The van der Waals surface area contributed by atoms with Crippen LogP contribution in [0.25, 0.3) is 0 Å². The normalized spacial score (nSPS) is 12.3. The van der Waals surface area contributed by atoms with Gasteiger partial charge in [-0.15, -0.1) is 11.3 Å². The number of carbonyl (C=O) groups excluding carboxylic acids is 1. The number of carbonyl (C=O) groups is 1. The first-order chi connectivity index (χ1) is 9.61. The molecule has 0 aliphatic carbocycles. The van der Waals surface area contributed by atoms with Crippen molar-refractivity contribution in [2.75, 3.05) is 0 Å². The third kappa shape index (κ3) is 3.43. The van der Waals surface area contributed by atoms with Gasteiger partial charge >= 0.3 is 0 Å². The van der Waals surface area contributed by atoms with E-state index in [-0.39, 0.29) is 6.04 Å². The lowest BCUT2D eigenvalue weighted by molar-refractivity contribution is 0.0999. The minimum Gasteiger partial charge on any atom is -0.366 e. The largest absolute Gasteiger partial charge is 0.366 e. The zero-order chi connectivity index (χ0) is 14.5.